The first-order chi connectivity index (χ1) is 20.0. The molecule has 0 saturated carbocycles. The summed E-state index contributed by atoms with van der Waals surface area (Å²) in [7, 11) is 0. The van der Waals surface area contributed by atoms with Gasteiger partial charge >= 0.3 is 5.97 Å². The quantitative estimate of drug-likeness (QED) is 0.156. The van der Waals surface area contributed by atoms with Crippen LogP contribution in [0.3, 0.4) is 0 Å². The summed E-state index contributed by atoms with van der Waals surface area (Å²) < 4.78 is 1.60. The number of imidazole rings is 1. The normalized spacial score (nSPS) is 12.4. The summed E-state index contributed by atoms with van der Waals surface area (Å²) in [5.74, 6) is -0.411. The molecular formula is C34H35N3O5. The van der Waals surface area contributed by atoms with Crippen LogP contribution in [0.5, 0.6) is 5.75 Å². The second kappa shape index (κ2) is 11.7. The number of hydrogen-bond donors (Lipinski definition) is 3. The molecule has 0 amide bonds. The van der Waals surface area contributed by atoms with Crippen LogP contribution in [0, 0.1) is 5.92 Å². The number of nitrogens with one attached hydrogen (secondary N) is 1. The first-order valence-electron chi connectivity index (χ1n) is 14.0. The van der Waals surface area contributed by atoms with Gasteiger partial charge < -0.3 is 15.0 Å². The predicted octanol–water partition coefficient (Wildman–Crippen LogP) is 6.04. The van der Waals surface area contributed by atoms with E-state index in [1.54, 1.807) is 42.0 Å². The Kier molecular flexibility index (Phi) is 8.00. The molecule has 0 fully saturated rings. The lowest BCUT2D eigenvalue weighted by Gasteiger charge is -2.19. The van der Waals surface area contributed by atoms with Crippen LogP contribution in [0.1, 0.15) is 61.3 Å². The number of phenols is 1. The number of phenolic OH excluding ortho intramolecular Hbond substituents is 1. The van der Waals surface area contributed by atoms with Gasteiger partial charge in [0.1, 0.15) is 11.4 Å². The van der Waals surface area contributed by atoms with Gasteiger partial charge in [-0.25, -0.2) is 9.78 Å². The Labute approximate surface area is 244 Å². The minimum Gasteiger partial charge on any atom is -0.508 e. The minimum atomic E-state index is -0.677. The molecule has 0 radical (unpaired) electrons. The summed E-state index contributed by atoms with van der Waals surface area (Å²) in [4.78, 5) is 37.3. The van der Waals surface area contributed by atoms with E-state index in [0.717, 1.165) is 33.6 Å². The van der Waals surface area contributed by atoms with Crippen LogP contribution < -0.4 is 5.56 Å². The number of nitrogens with zero attached hydrogens (tertiary/aromatic N) is 2. The van der Waals surface area contributed by atoms with Crippen LogP contribution in [-0.4, -0.2) is 30.9 Å². The maximum absolute atomic E-state index is 13.6. The third-order valence-electron chi connectivity index (χ3n) is 7.56. The lowest BCUT2D eigenvalue weighted by atomic mass is 9.86. The molecule has 2 aliphatic rings. The summed E-state index contributed by atoms with van der Waals surface area (Å²) in [6, 6.07) is 23.0. The monoisotopic (exact) mass is 565 g/mol. The van der Waals surface area contributed by atoms with Gasteiger partial charge in [-0.1, -0.05) is 76.2 Å². The van der Waals surface area contributed by atoms with E-state index in [4.69, 9.17) is 10.2 Å². The molecule has 2 heterocycles. The third kappa shape index (κ3) is 6.29. The molecule has 0 saturated heterocycles. The van der Waals surface area contributed by atoms with E-state index in [0.29, 0.717) is 30.8 Å². The van der Waals surface area contributed by atoms with E-state index in [-0.39, 0.29) is 16.7 Å². The second-order valence-electron chi connectivity index (χ2n) is 11.9. The first kappa shape index (κ1) is 28.8. The number of H-pyrrole nitrogens is 1. The van der Waals surface area contributed by atoms with Crippen molar-refractivity contribution in [1.29, 1.82) is 0 Å². The van der Waals surface area contributed by atoms with E-state index in [9.17, 15) is 14.7 Å². The van der Waals surface area contributed by atoms with Crippen molar-refractivity contribution in [2.75, 3.05) is 0 Å². The van der Waals surface area contributed by atoms with Crippen molar-refractivity contribution in [3.05, 3.63) is 123 Å². The maximum atomic E-state index is 13.6. The average molecular weight is 566 g/mol. The van der Waals surface area contributed by atoms with Gasteiger partial charge in [0.2, 0.25) is 0 Å². The zero-order valence-corrected chi connectivity index (χ0v) is 24.2. The summed E-state index contributed by atoms with van der Waals surface area (Å²) >= 11 is 0. The molecule has 0 spiro atoms. The Morgan fingerprint density at radius 2 is 1.52 bits per heavy atom. The first-order valence-corrected chi connectivity index (χ1v) is 14.0. The Morgan fingerprint density at radius 3 is 2.14 bits per heavy atom. The fourth-order valence-corrected chi connectivity index (χ4v) is 5.04. The highest BCUT2D eigenvalue weighted by molar-refractivity contribution is 5.71. The Morgan fingerprint density at radius 1 is 0.929 bits per heavy atom. The number of aromatic amines is 1. The van der Waals surface area contributed by atoms with Crippen molar-refractivity contribution in [2.24, 2.45) is 5.92 Å². The predicted molar refractivity (Wildman–Crippen MR) is 161 cm³/mol. The highest BCUT2D eigenvalue weighted by atomic mass is 17.1. The molecule has 42 heavy (non-hydrogen) atoms. The number of aromatic nitrogens is 3. The molecule has 8 nitrogen and oxygen atoms in total. The molecule has 5 rings (SSSR count). The molecule has 3 aromatic rings. The van der Waals surface area contributed by atoms with E-state index in [1.807, 2.05) is 24.3 Å². The topological polar surface area (TPSA) is 117 Å². The van der Waals surface area contributed by atoms with Gasteiger partial charge in [0, 0.05) is 19.0 Å². The van der Waals surface area contributed by atoms with Gasteiger partial charge in [-0.05, 0) is 63.9 Å². The number of fused-ring (bicyclic) bond motifs is 1. The highest BCUT2D eigenvalue weighted by Crippen LogP contribution is 2.27. The smallest absolute Gasteiger partial charge is 0.345 e. The van der Waals surface area contributed by atoms with E-state index < -0.39 is 11.9 Å². The van der Waals surface area contributed by atoms with E-state index in [2.05, 4.69) is 54.9 Å². The lowest BCUT2D eigenvalue weighted by Crippen LogP contribution is -2.18. The molecule has 3 N–H and O–H groups in total. The molecule has 1 atom stereocenters. The van der Waals surface area contributed by atoms with Crippen LogP contribution in [0.15, 0.2) is 83.8 Å². The summed E-state index contributed by atoms with van der Waals surface area (Å²) in [6.45, 7) is 8.24. The lowest BCUT2D eigenvalue weighted by molar-refractivity contribution is -0.238. The van der Waals surface area contributed by atoms with Gasteiger partial charge in [-0.3, -0.25) is 9.36 Å². The van der Waals surface area contributed by atoms with Gasteiger partial charge in [-0.15, -0.1) is 0 Å². The molecule has 0 bridgehead atoms. The van der Waals surface area contributed by atoms with Crippen LogP contribution in [0.2, 0.25) is 0 Å². The zero-order chi connectivity index (χ0) is 30.0. The fraction of sp³-hybridized carbons (Fsp3) is 0.265. The van der Waals surface area contributed by atoms with Crippen LogP contribution >= 0.6 is 0 Å². The molecule has 1 unspecified atom stereocenters. The highest BCUT2D eigenvalue weighted by Gasteiger charge is 2.21. The Hall–Kier alpha value is -4.69. The molecule has 0 aliphatic carbocycles. The molecular weight excluding hydrogens is 530 g/mol. The number of rotatable bonds is 8. The van der Waals surface area contributed by atoms with Crippen molar-refractivity contribution in [1.82, 2.24) is 14.5 Å². The molecule has 3 aromatic carbocycles. The van der Waals surface area contributed by atoms with Crippen molar-refractivity contribution < 1.29 is 20.0 Å². The SMILES string of the molecule is CC(Cc1ccc(Cc2nc3c(Cc4ccc(C(C)(C)C)cc4)[nH]c(-c4ccc(O)cc4)cn-3c2=O)cc1)C(=O)OO. The standard InChI is InChI=1S/C34H35N3O5/c1-21(33(40)42-41)17-22-5-7-23(8-6-22)19-29-32(39)37-20-30(25-11-15-27(38)16-12-25)35-28(31(37)36-29)18-24-9-13-26(14-10-24)34(2,3)4/h5-16,20-21,35,38,41H,17-19H2,1-4H3. The number of benzene rings is 3. The fourth-order valence-electron chi connectivity index (χ4n) is 5.04. The number of aromatic hydroxyl groups is 1. The van der Waals surface area contributed by atoms with E-state index in [1.165, 1.54) is 5.56 Å². The minimum absolute atomic E-state index is 0.0495. The molecule has 216 valence electrons. The Bertz CT molecular complexity index is 1710. The largest absolute Gasteiger partial charge is 0.508 e. The summed E-state index contributed by atoms with van der Waals surface area (Å²) in [6.07, 6.45) is 3.09. The van der Waals surface area contributed by atoms with Crippen molar-refractivity contribution in [3.8, 4) is 22.8 Å². The van der Waals surface area contributed by atoms with Gasteiger partial charge in [0.25, 0.3) is 5.56 Å². The van der Waals surface area contributed by atoms with Crippen LogP contribution in [0.25, 0.3) is 17.1 Å². The van der Waals surface area contributed by atoms with E-state index >= 15 is 0 Å². The molecule has 0 aromatic heterocycles. The number of carbonyl (C=O) groups excluding carboxylic acids is 1. The summed E-state index contributed by atoms with van der Waals surface area (Å²) in [5.41, 5.74) is 6.86. The van der Waals surface area contributed by atoms with Crippen molar-refractivity contribution >= 4 is 5.97 Å². The molecule has 2 aliphatic heterocycles. The molecule has 8 heteroatoms. The number of hydrogen-bond acceptors (Lipinski definition) is 6. The number of carbonyl (C=O) groups is 1. The van der Waals surface area contributed by atoms with Crippen LogP contribution in [0.4, 0.5) is 0 Å². The van der Waals surface area contributed by atoms with Crippen molar-refractivity contribution in [2.45, 2.75) is 52.4 Å². The van der Waals surface area contributed by atoms with Gasteiger partial charge in [0.15, 0.2) is 5.82 Å². The van der Waals surface area contributed by atoms with Gasteiger partial charge in [-0.2, -0.15) is 5.26 Å². The third-order valence-corrected chi connectivity index (χ3v) is 7.56. The second-order valence-corrected chi connectivity index (χ2v) is 11.9. The summed E-state index contributed by atoms with van der Waals surface area (Å²) in [5, 5.41) is 18.4. The average Bonchev–Trinajstić information content (AvgIpc) is 3.28. The Balaban J connectivity index is 1.49. The van der Waals surface area contributed by atoms with Crippen molar-refractivity contribution in [3.63, 3.8) is 0 Å². The van der Waals surface area contributed by atoms with Gasteiger partial charge in [0.05, 0.1) is 17.3 Å². The van der Waals surface area contributed by atoms with Crippen LogP contribution in [-0.2, 0) is 34.4 Å². The maximum Gasteiger partial charge on any atom is 0.345 e. The zero-order valence-electron chi connectivity index (χ0n) is 24.2.